The van der Waals surface area contributed by atoms with Gasteiger partial charge in [0.1, 0.15) is 59.1 Å². The number of halogens is 6. The molecule has 0 aliphatic carbocycles. The number of alkyl halides is 6. The molecule has 12 rings (SSSR count). The molecule has 0 radical (unpaired) electrons. The number of carbonyl (C=O) groups excluding carboxylic acids is 6. The van der Waals surface area contributed by atoms with Gasteiger partial charge in [-0.1, -0.05) is 65.9 Å². The van der Waals surface area contributed by atoms with Gasteiger partial charge in [0, 0.05) is 92.8 Å². The summed E-state index contributed by atoms with van der Waals surface area (Å²) in [7, 11) is 0. The Hall–Kier alpha value is -8.36. The first-order chi connectivity index (χ1) is 41.3. The van der Waals surface area contributed by atoms with E-state index in [0.29, 0.717) is 126 Å². The van der Waals surface area contributed by atoms with Crippen LogP contribution in [-0.2, 0) is 77.3 Å². The Kier molecular flexibility index (Phi) is 16.1. The van der Waals surface area contributed by atoms with Crippen LogP contribution >= 0.6 is 11.3 Å². The molecule has 26 heteroatoms. The summed E-state index contributed by atoms with van der Waals surface area (Å²) < 4.78 is 97.1. The fraction of sp³-hybridized carbons (Fsp3) is 0.400. The van der Waals surface area contributed by atoms with E-state index >= 15 is 0 Å². The molecule has 86 heavy (non-hydrogen) atoms. The average molecular weight is 1210 g/mol. The van der Waals surface area contributed by atoms with E-state index in [1.807, 2.05) is 47.4 Å². The van der Waals surface area contributed by atoms with Gasteiger partial charge in [-0.05, 0) is 90.9 Å². The van der Waals surface area contributed by atoms with Gasteiger partial charge in [0.15, 0.2) is 0 Å². The Morgan fingerprint density at radius 1 is 0.570 bits per heavy atom. The highest BCUT2D eigenvalue weighted by Crippen LogP contribution is 2.39. The van der Waals surface area contributed by atoms with Crippen molar-refractivity contribution in [2.24, 2.45) is 0 Å². The van der Waals surface area contributed by atoms with Crippen LogP contribution in [0, 0.1) is 0 Å². The second-order valence-corrected chi connectivity index (χ2v) is 23.3. The number of amides is 6. The number of aromatic nitrogens is 4. The van der Waals surface area contributed by atoms with Crippen molar-refractivity contribution < 1.29 is 64.6 Å². The van der Waals surface area contributed by atoms with Crippen molar-refractivity contribution in [1.29, 1.82) is 0 Å². The van der Waals surface area contributed by atoms with E-state index in [9.17, 15) is 55.1 Å². The van der Waals surface area contributed by atoms with Gasteiger partial charge < -0.3 is 24.2 Å². The third kappa shape index (κ3) is 12.5. The van der Waals surface area contributed by atoms with Gasteiger partial charge in [0.25, 0.3) is 11.8 Å². The smallest absolute Gasteiger partial charge is 0.445 e. The predicted molar refractivity (Wildman–Crippen MR) is 296 cm³/mol. The zero-order chi connectivity index (χ0) is 60.0. The minimum atomic E-state index is -4.81. The van der Waals surface area contributed by atoms with E-state index in [0.717, 1.165) is 22.8 Å². The number of anilines is 1. The molecule has 0 saturated carbocycles. The Bertz CT molecular complexity index is 3640. The summed E-state index contributed by atoms with van der Waals surface area (Å²) in [6.45, 7) is 4.30. The standard InChI is InChI=1S/C60H57F6N11O8S/c61-59(62,63)48-27-50(75-23-21-74(22-24-75)28-34-7-9-35(10-8-34)32-84-46-5-1-3-40-42(46)30-76(56(40)82)44-13-15-51(78)69-53(44)80)68-49(67-48)26-39-25-36(29-73-19-17-37(18-20-73)55-71-72-58(86-55)60(64,65)66)11-12-38(39)33-85-47-6-2-4-41-43(47)31-77(57(41)83)45-14-16-52(79)70-54(45)81/h1-12,25,27,37,44-45H,13-24,26,28-33H2,(H,69,78,80)(H,70,79,81). The number of rotatable bonds is 16. The van der Waals surface area contributed by atoms with Gasteiger partial charge in [-0.3, -0.25) is 49.2 Å². The number of hydrogen-bond donors (Lipinski definition) is 2. The summed E-state index contributed by atoms with van der Waals surface area (Å²) in [5.74, 6) is -1.72. The van der Waals surface area contributed by atoms with E-state index in [1.54, 1.807) is 36.4 Å². The van der Waals surface area contributed by atoms with Crippen LogP contribution in [0.5, 0.6) is 11.5 Å². The van der Waals surface area contributed by atoms with Crippen molar-refractivity contribution in [1.82, 2.24) is 50.4 Å². The maximum atomic E-state index is 14.8. The van der Waals surface area contributed by atoms with Crippen LogP contribution in [0.4, 0.5) is 32.2 Å². The molecule has 448 valence electrons. The number of hydrogen-bond acceptors (Lipinski definition) is 16. The van der Waals surface area contributed by atoms with Crippen molar-refractivity contribution in [3.8, 4) is 11.5 Å². The van der Waals surface area contributed by atoms with Crippen LogP contribution < -0.4 is 25.0 Å². The number of likely N-dealkylation sites (tertiary alicyclic amines) is 1. The van der Waals surface area contributed by atoms with E-state index in [2.05, 4.69) is 35.6 Å². The molecular formula is C60H57F6N11O8S. The SMILES string of the molecule is O=C1CCC(N2Cc3c(OCc4ccc(CN5CCN(c6cc(C(F)(F)F)nc(Cc7cc(CN8CCC(c9nnc(C(F)(F)F)s9)CC8)ccc7COc7cccc8c7CN(C7CCC(=O)NC7=O)C8=O)n6)CC5)cc4)cccc3C2=O)C(=O)N1. The summed E-state index contributed by atoms with van der Waals surface area (Å²) in [5, 5.41) is 11.2. The van der Waals surface area contributed by atoms with Crippen LogP contribution in [0.1, 0.15) is 126 Å². The molecule has 6 aliphatic heterocycles. The number of carbonyl (C=O) groups is 6. The summed E-state index contributed by atoms with van der Waals surface area (Å²) in [5.41, 5.74) is 4.85. The molecule has 19 nitrogen and oxygen atoms in total. The monoisotopic (exact) mass is 1210 g/mol. The third-order valence-corrected chi connectivity index (χ3v) is 17.8. The number of nitrogens with one attached hydrogen (secondary N) is 2. The lowest BCUT2D eigenvalue weighted by Gasteiger charge is -2.35. The van der Waals surface area contributed by atoms with Crippen LogP contribution in [0.25, 0.3) is 0 Å². The second kappa shape index (κ2) is 23.8. The highest BCUT2D eigenvalue weighted by atomic mass is 32.1. The molecule has 2 N–H and O–H groups in total. The van der Waals surface area contributed by atoms with Gasteiger partial charge in [-0.2, -0.15) is 26.3 Å². The van der Waals surface area contributed by atoms with E-state index < -0.39 is 52.9 Å². The fourth-order valence-electron chi connectivity index (χ4n) is 12.1. The molecular weight excluding hydrogens is 1150 g/mol. The molecule has 4 fully saturated rings. The first-order valence-corrected chi connectivity index (χ1v) is 29.1. The lowest BCUT2D eigenvalue weighted by atomic mass is 9.96. The number of fused-ring (bicyclic) bond motifs is 2. The van der Waals surface area contributed by atoms with E-state index in [1.165, 1.54) is 9.80 Å². The number of nitrogens with zero attached hydrogens (tertiary/aromatic N) is 9. The molecule has 4 saturated heterocycles. The van der Waals surface area contributed by atoms with Gasteiger partial charge in [0.2, 0.25) is 28.6 Å². The Balaban J connectivity index is 0.717. The zero-order valence-electron chi connectivity index (χ0n) is 46.2. The molecule has 6 amide bonds. The molecule has 2 unspecified atom stereocenters. The number of piperazine rings is 1. The van der Waals surface area contributed by atoms with Crippen LogP contribution in [0.15, 0.2) is 84.9 Å². The first kappa shape index (κ1) is 58.0. The molecule has 6 aromatic rings. The first-order valence-electron chi connectivity index (χ1n) is 28.3. The van der Waals surface area contributed by atoms with E-state index in [-0.39, 0.29) is 93.7 Å². The highest BCUT2D eigenvalue weighted by Gasteiger charge is 2.43. The van der Waals surface area contributed by atoms with Gasteiger partial charge in [-0.15, -0.1) is 10.2 Å². The second-order valence-electron chi connectivity index (χ2n) is 22.3. The maximum absolute atomic E-state index is 14.8. The largest absolute Gasteiger partial charge is 0.489 e. The Morgan fingerprint density at radius 3 is 1.70 bits per heavy atom. The summed E-state index contributed by atoms with van der Waals surface area (Å²) in [6.07, 6.45) is -7.73. The molecule has 0 spiro atoms. The topological polar surface area (TPSA) is 213 Å². The Morgan fingerprint density at radius 2 is 1.13 bits per heavy atom. The van der Waals surface area contributed by atoms with Crippen LogP contribution in [0.2, 0.25) is 0 Å². The van der Waals surface area contributed by atoms with Gasteiger partial charge in [-0.25, -0.2) is 9.97 Å². The quantitative estimate of drug-likeness (QED) is 0.0717. The summed E-state index contributed by atoms with van der Waals surface area (Å²) in [6, 6.07) is 23.1. The molecule has 4 aromatic carbocycles. The lowest BCUT2D eigenvalue weighted by molar-refractivity contribution is -0.141. The van der Waals surface area contributed by atoms with Gasteiger partial charge in [0.05, 0.1) is 13.1 Å². The lowest BCUT2D eigenvalue weighted by Crippen LogP contribution is -2.52. The van der Waals surface area contributed by atoms with Crippen LogP contribution in [-0.4, -0.2) is 127 Å². The zero-order valence-corrected chi connectivity index (χ0v) is 47.0. The molecule has 2 aromatic heterocycles. The van der Waals surface area contributed by atoms with Crippen molar-refractivity contribution >= 4 is 52.6 Å². The third-order valence-electron chi connectivity index (χ3n) is 16.7. The predicted octanol–water partition coefficient (Wildman–Crippen LogP) is 7.34. The van der Waals surface area contributed by atoms with E-state index in [4.69, 9.17) is 14.5 Å². The highest BCUT2D eigenvalue weighted by molar-refractivity contribution is 7.11. The van der Waals surface area contributed by atoms with Crippen molar-refractivity contribution in [3.63, 3.8) is 0 Å². The maximum Gasteiger partial charge on any atom is 0.445 e. The molecule has 6 aliphatic rings. The minimum Gasteiger partial charge on any atom is -0.489 e. The Labute approximate surface area is 492 Å². The van der Waals surface area contributed by atoms with Gasteiger partial charge >= 0.3 is 12.4 Å². The summed E-state index contributed by atoms with van der Waals surface area (Å²) >= 11 is 0.558. The normalized spacial score (nSPS) is 19.9. The molecule has 2 atom stereocenters. The number of imide groups is 2. The average Bonchev–Trinajstić information content (AvgIpc) is 2.31. The molecule has 0 bridgehead atoms. The number of piperidine rings is 3. The summed E-state index contributed by atoms with van der Waals surface area (Å²) in [4.78, 5) is 93.9. The van der Waals surface area contributed by atoms with Crippen LogP contribution in [0.3, 0.4) is 0 Å². The minimum absolute atomic E-state index is 0.0576. The number of benzene rings is 4. The fourth-order valence-corrected chi connectivity index (χ4v) is 12.9. The van der Waals surface area contributed by atoms with Crippen molar-refractivity contribution in [3.05, 3.63) is 157 Å². The number of ether oxygens (including phenoxy) is 2. The van der Waals surface area contributed by atoms with Crippen molar-refractivity contribution in [2.75, 3.05) is 44.2 Å². The van der Waals surface area contributed by atoms with Crippen molar-refractivity contribution in [2.45, 2.75) is 115 Å². The molecule has 8 heterocycles.